The van der Waals surface area contributed by atoms with Gasteiger partial charge in [0.1, 0.15) is 11.5 Å². The summed E-state index contributed by atoms with van der Waals surface area (Å²) in [4.78, 5) is 46.9. The van der Waals surface area contributed by atoms with E-state index in [4.69, 9.17) is 4.74 Å². The number of aliphatic carboxylic acids is 2. The lowest BCUT2D eigenvalue weighted by atomic mass is 9.77. The second-order valence-corrected chi connectivity index (χ2v) is 10.7. The van der Waals surface area contributed by atoms with Crippen LogP contribution in [0.15, 0.2) is 73.5 Å². The van der Waals surface area contributed by atoms with Crippen LogP contribution in [0.4, 0.5) is 0 Å². The van der Waals surface area contributed by atoms with E-state index >= 15 is 0 Å². The van der Waals surface area contributed by atoms with Crippen LogP contribution in [0.5, 0.6) is 11.5 Å². The van der Waals surface area contributed by atoms with Gasteiger partial charge in [-0.25, -0.2) is 15.3 Å². The van der Waals surface area contributed by atoms with E-state index in [1.54, 1.807) is 50.2 Å². The SMILES string of the molecule is C=C(OO)N(Cc1cc(C2(c3cc(C)c(O)c(CN(CC(=O)O)CC(=O)O)c3)OC(=O)c3ccccc32)cc(C)c1O)C(=C)OO. The normalized spacial score (nSPS) is 15.2. The molecule has 0 fully saturated rings. The number of phenols is 2. The summed E-state index contributed by atoms with van der Waals surface area (Å²) >= 11 is 0. The summed E-state index contributed by atoms with van der Waals surface area (Å²) in [6.45, 7) is 8.42. The highest BCUT2D eigenvalue weighted by molar-refractivity contribution is 5.96. The molecule has 242 valence electrons. The standard InChI is InChI=1S/C32H32N2O12/c1-17-9-23(11-21(29(17)39)13-33(15-27(35)36)16-28(37)38)32(26-8-6-5-7-25(26)31(41)44-32)24-10-18(2)30(40)22(12-24)14-34(19(3)45-42)20(4)46-43/h5-12,39-40,42-43H,3-4,13-16H2,1-2H3,(H,35,36)(H,37,38). The van der Waals surface area contributed by atoms with E-state index < -0.39 is 48.4 Å². The molecule has 46 heavy (non-hydrogen) atoms. The maximum absolute atomic E-state index is 13.4. The lowest BCUT2D eigenvalue weighted by molar-refractivity contribution is -0.252. The van der Waals surface area contributed by atoms with Gasteiger partial charge < -0.3 is 34.9 Å². The van der Waals surface area contributed by atoms with Crippen molar-refractivity contribution in [2.24, 2.45) is 0 Å². The zero-order valence-electron chi connectivity index (χ0n) is 24.9. The molecule has 0 aromatic heterocycles. The van der Waals surface area contributed by atoms with Crippen molar-refractivity contribution in [3.8, 4) is 11.5 Å². The van der Waals surface area contributed by atoms with Gasteiger partial charge in [-0.05, 0) is 68.5 Å². The fourth-order valence-corrected chi connectivity index (χ4v) is 5.54. The molecular weight excluding hydrogens is 604 g/mol. The number of phenolic OH excluding ortho intramolecular Hbond substituents is 2. The third-order valence-electron chi connectivity index (χ3n) is 7.60. The molecule has 1 atom stereocenters. The number of aromatic hydroxyl groups is 2. The highest BCUT2D eigenvalue weighted by Gasteiger charge is 2.49. The van der Waals surface area contributed by atoms with Crippen molar-refractivity contribution >= 4 is 17.9 Å². The van der Waals surface area contributed by atoms with Crippen LogP contribution >= 0.6 is 0 Å². The van der Waals surface area contributed by atoms with Crippen LogP contribution in [0.1, 0.15) is 49.3 Å². The molecule has 1 aliphatic rings. The van der Waals surface area contributed by atoms with Crippen LogP contribution in [-0.2, 0) is 42.8 Å². The highest BCUT2D eigenvalue weighted by atomic mass is 17.1. The maximum Gasteiger partial charge on any atom is 0.340 e. The molecule has 6 N–H and O–H groups in total. The lowest BCUT2D eigenvalue weighted by Crippen LogP contribution is -2.34. The topological polar surface area (TPSA) is 207 Å². The lowest BCUT2D eigenvalue weighted by Gasteiger charge is -2.33. The molecular formula is C32H32N2O12. The van der Waals surface area contributed by atoms with E-state index in [0.717, 1.165) is 9.80 Å². The minimum absolute atomic E-state index is 0.173. The fourth-order valence-electron chi connectivity index (χ4n) is 5.54. The van der Waals surface area contributed by atoms with Crippen molar-refractivity contribution in [1.82, 2.24) is 9.80 Å². The molecule has 14 nitrogen and oxygen atoms in total. The van der Waals surface area contributed by atoms with Crippen LogP contribution in [0.25, 0.3) is 0 Å². The minimum atomic E-state index is -1.68. The molecule has 0 radical (unpaired) electrons. The monoisotopic (exact) mass is 636 g/mol. The largest absolute Gasteiger partial charge is 0.507 e. The summed E-state index contributed by atoms with van der Waals surface area (Å²) in [6, 6.07) is 12.8. The summed E-state index contributed by atoms with van der Waals surface area (Å²) in [5.41, 5.74) is 0.665. The number of fused-ring (bicyclic) bond motifs is 1. The molecule has 0 saturated carbocycles. The fraction of sp³-hybridized carbons (Fsp3) is 0.219. The zero-order valence-corrected chi connectivity index (χ0v) is 24.9. The number of ether oxygens (including phenoxy) is 1. The number of hydrogen-bond donors (Lipinski definition) is 6. The molecule has 0 bridgehead atoms. The van der Waals surface area contributed by atoms with Crippen molar-refractivity contribution in [1.29, 1.82) is 0 Å². The van der Waals surface area contributed by atoms with Gasteiger partial charge >= 0.3 is 17.9 Å². The number of esters is 1. The first-order valence-electron chi connectivity index (χ1n) is 13.7. The van der Waals surface area contributed by atoms with Crippen LogP contribution in [-0.4, -0.2) is 71.7 Å². The molecule has 4 rings (SSSR count). The van der Waals surface area contributed by atoms with Crippen molar-refractivity contribution in [3.05, 3.63) is 118 Å². The van der Waals surface area contributed by atoms with Gasteiger partial charge in [0.25, 0.3) is 0 Å². The van der Waals surface area contributed by atoms with E-state index in [2.05, 4.69) is 22.9 Å². The number of cyclic esters (lactones) is 1. The molecule has 1 heterocycles. The smallest absolute Gasteiger partial charge is 0.340 e. The molecule has 1 aliphatic heterocycles. The van der Waals surface area contributed by atoms with Crippen LogP contribution < -0.4 is 0 Å². The summed E-state index contributed by atoms with van der Waals surface area (Å²) in [6.07, 6.45) is 0. The van der Waals surface area contributed by atoms with E-state index in [0.29, 0.717) is 27.8 Å². The first kappa shape index (κ1) is 33.3. The van der Waals surface area contributed by atoms with Gasteiger partial charge in [-0.15, -0.1) is 0 Å². The third kappa shape index (κ3) is 6.30. The van der Waals surface area contributed by atoms with E-state index in [1.807, 2.05) is 0 Å². The Labute approximate surface area is 262 Å². The molecule has 0 spiro atoms. The number of carboxylic acids is 2. The Morgan fingerprint density at radius 3 is 1.78 bits per heavy atom. The van der Waals surface area contributed by atoms with Gasteiger partial charge in [0, 0.05) is 34.4 Å². The van der Waals surface area contributed by atoms with E-state index in [-0.39, 0.29) is 41.3 Å². The van der Waals surface area contributed by atoms with E-state index in [1.165, 1.54) is 12.1 Å². The van der Waals surface area contributed by atoms with Crippen molar-refractivity contribution in [2.45, 2.75) is 32.5 Å². The number of aryl methyl sites for hydroxylation is 2. The van der Waals surface area contributed by atoms with Gasteiger partial charge in [-0.2, -0.15) is 0 Å². The van der Waals surface area contributed by atoms with Gasteiger partial charge in [0.2, 0.25) is 11.8 Å². The minimum Gasteiger partial charge on any atom is -0.507 e. The number of hydrogen-bond acceptors (Lipinski definition) is 12. The Morgan fingerprint density at radius 2 is 1.30 bits per heavy atom. The Morgan fingerprint density at radius 1 is 0.826 bits per heavy atom. The molecule has 1 unspecified atom stereocenters. The number of nitrogens with zero attached hydrogens (tertiary/aromatic N) is 2. The predicted molar refractivity (Wildman–Crippen MR) is 159 cm³/mol. The second-order valence-electron chi connectivity index (χ2n) is 10.7. The summed E-state index contributed by atoms with van der Waals surface area (Å²) in [7, 11) is 0. The van der Waals surface area contributed by atoms with Crippen molar-refractivity contribution < 1.29 is 59.8 Å². The number of carbonyl (C=O) groups excluding carboxylic acids is 1. The van der Waals surface area contributed by atoms with Gasteiger partial charge in [-0.3, -0.25) is 19.4 Å². The van der Waals surface area contributed by atoms with Gasteiger partial charge in [0.05, 0.1) is 25.2 Å². The molecule has 0 amide bonds. The van der Waals surface area contributed by atoms with Crippen molar-refractivity contribution in [3.63, 3.8) is 0 Å². The average Bonchev–Trinajstić information content (AvgIpc) is 3.31. The summed E-state index contributed by atoms with van der Waals surface area (Å²) < 4.78 is 6.19. The zero-order chi connectivity index (χ0) is 33.9. The quantitative estimate of drug-likeness (QED) is 0.0643. The first-order chi connectivity index (χ1) is 21.7. The number of carbonyl (C=O) groups is 3. The van der Waals surface area contributed by atoms with Gasteiger partial charge in [-0.1, -0.05) is 18.2 Å². The van der Waals surface area contributed by atoms with Crippen LogP contribution in [0, 0.1) is 13.8 Å². The highest BCUT2D eigenvalue weighted by Crippen LogP contribution is 2.49. The third-order valence-corrected chi connectivity index (χ3v) is 7.60. The van der Waals surface area contributed by atoms with Crippen LogP contribution in [0.3, 0.4) is 0 Å². The second kappa shape index (κ2) is 13.2. The Kier molecular flexibility index (Phi) is 9.56. The average molecular weight is 637 g/mol. The number of carboxylic acid groups (broad SMARTS) is 2. The predicted octanol–water partition coefficient (Wildman–Crippen LogP) is 3.87. The molecule has 0 aliphatic carbocycles. The Hall–Kier alpha value is -5.57. The molecule has 3 aromatic rings. The van der Waals surface area contributed by atoms with Gasteiger partial charge in [0.15, 0.2) is 5.60 Å². The van der Waals surface area contributed by atoms with Crippen molar-refractivity contribution in [2.75, 3.05) is 13.1 Å². The molecule has 0 saturated heterocycles. The Bertz CT molecular complexity index is 1700. The number of rotatable bonds is 14. The maximum atomic E-state index is 13.4. The Balaban J connectivity index is 1.98. The summed E-state index contributed by atoms with van der Waals surface area (Å²) in [5.74, 6) is -4.42. The first-order valence-corrected chi connectivity index (χ1v) is 13.7. The van der Waals surface area contributed by atoms with Crippen LogP contribution in [0.2, 0.25) is 0 Å². The molecule has 3 aromatic carbocycles. The summed E-state index contributed by atoms with van der Waals surface area (Å²) in [5, 5.41) is 59.2. The number of benzene rings is 3. The molecule has 14 heteroatoms. The van der Waals surface area contributed by atoms with E-state index in [9.17, 15) is 45.3 Å².